The largest absolute Gasteiger partial charge is 0.418 e. The number of anilines is 2. The SMILES string of the molecule is Nc1ccc(NCCc2ncno2)cc1C(F)(F)F. The van der Waals surface area contributed by atoms with Crippen molar-refractivity contribution in [1.82, 2.24) is 10.1 Å². The van der Waals surface area contributed by atoms with E-state index in [9.17, 15) is 13.2 Å². The van der Waals surface area contributed by atoms with E-state index in [0.29, 0.717) is 24.5 Å². The molecule has 0 spiro atoms. The lowest BCUT2D eigenvalue weighted by Gasteiger charge is -2.12. The van der Waals surface area contributed by atoms with Gasteiger partial charge in [0.25, 0.3) is 0 Å². The fourth-order valence-electron chi connectivity index (χ4n) is 1.53. The van der Waals surface area contributed by atoms with Gasteiger partial charge in [-0.25, -0.2) is 0 Å². The van der Waals surface area contributed by atoms with Crippen LogP contribution in [0, 0.1) is 0 Å². The van der Waals surface area contributed by atoms with Crippen LogP contribution in [-0.4, -0.2) is 16.7 Å². The van der Waals surface area contributed by atoms with Crippen LogP contribution in [0.25, 0.3) is 0 Å². The molecule has 5 nitrogen and oxygen atoms in total. The van der Waals surface area contributed by atoms with Crippen LogP contribution in [0.1, 0.15) is 11.5 Å². The predicted octanol–water partition coefficient (Wildman–Crippen LogP) is 2.33. The summed E-state index contributed by atoms with van der Waals surface area (Å²) >= 11 is 0. The lowest BCUT2D eigenvalue weighted by atomic mass is 10.1. The van der Waals surface area contributed by atoms with Crippen molar-refractivity contribution < 1.29 is 17.7 Å². The molecule has 3 N–H and O–H groups in total. The molecule has 0 aliphatic rings. The van der Waals surface area contributed by atoms with Crippen LogP contribution < -0.4 is 11.1 Å². The number of nitrogen functional groups attached to an aromatic ring is 1. The summed E-state index contributed by atoms with van der Waals surface area (Å²) in [4.78, 5) is 3.80. The normalized spacial score (nSPS) is 11.5. The van der Waals surface area contributed by atoms with Crippen LogP contribution in [0.4, 0.5) is 24.5 Å². The fourth-order valence-corrected chi connectivity index (χ4v) is 1.53. The molecule has 0 bridgehead atoms. The zero-order valence-electron chi connectivity index (χ0n) is 9.74. The minimum Gasteiger partial charge on any atom is -0.398 e. The molecule has 2 aromatic rings. The van der Waals surface area contributed by atoms with Crippen molar-refractivity contribution in [3.05, 3.63) is 36.0 Å². The standard InChI is InChI=1S/C11H11F3N4O/c12-11(13,14)8-5-7(1-2-9(8)15)16-4-3-10-17-6-18-19-10/h1-2,5-6,16H,3-4,15H2. The highest BCUT2D eigenvalue weighted by Gasteiger charge is 2.33. The van der Waals surface area contributed by atoms with Gasteiger partial charge in [0.15, 0.2) is 6.33 Å². The number of hydrogen-bond acceptors (Lipinski definition) is 5. The Bertz CT molecular complexity index is 539. The number of nitrogens with two attached hydrogens (primary N) is 1. The third-order valence-electron chi connectivity index (χ3n) is 2.43. The molecule has 0 saturated heterocycles. The number of rotatable bonds is 4. The van der Waals surface area contributed by atoms with Gasteiger partial charge in [-0.05, 0) is 18.2 Å². The van der Waals surface area contributed by atoms with Crippen molar-refractivity contribution in [1.29, 1.82) is 0 Å². The minimum atomic E-state index is -4.46. The van der Waals surface area contributed by atoms with Crippen molar-refractivity contribution in [2.75, 3.05) is 17.6 Å². The molecule has 0 amide bonds. The summed E-state index contributed by atoms with van der Waals surface area (Å²) < 4.78 is 42.7. The third-order valence-corrected chi connectivity index (χ3v) is 2.43. The monoisotopic (exact) mass is 272 g/mol. The Kier molecular flexibility index (Phi) is 3.59. The molecule has 1 heterocycles. The maximum atomic E-state index is 12.6. The van der Waals surface area contributed by atoms with Gasteiger partial charge >= 0.3 is 6.18 Å². The highest BCUT2D eigenvalue weighted by atomic mass is 19.4. The molecule has 102 valence electrons. The summed E-state index contributed by atoms with van der Waals surface area (Å²) in [7, 11) is 0. The molecular formula is C11H11F3N4O. The summed E-state index contributed by atoms with van der Waals surface area (Å²) in [6, 6.07) is 3.68. The second kappa shape index (κ2) is 5.17. The molecule has 0 saturated carbocycles. The quantitative estimate of drug-likeness (QED) is 0.835. The van der Waals surface area contributed by atoms with Gasteiger partial charge in [-0.1, -0.05) is 5.16 Å². The summed E-state index contributed by atoms with van der Waals surface area (Å²) in [5.41, 5.74) is 4.49. The van der Waals surface area contributed by atoms with E-state index in [2.05, 4.69) is 15.5 Å². The Morgan fingerprint density at radius 1 is 1.32 bits per heavy atom. The van der Waals surface area contributed by atoms with Gasteiger partial charge < -0.3 is 15.6 Å². The molecular weight excluding hydrogens is 261 g/mol. The average Bonchev–Trinajstić information content (AvgIpc) is 2.83. The molecule has 8 heteroatoms. The first-order chi connectivity index (χ1) is 8.97. The Balaban J connectivity index is 2.01. The first-order valence-corrected chi connectivity index (χ1v) is 5.43. The lowest BCUT2D eigenvalue weighted by Crippen LogP contribution is -2.11. The zero-order valence-corrected chi connectivity index (χ0v) is 9.74. The van der Waals surface area contributed by atoms with E-state index >= 15 is 0 Å². The van der Waals surface area contributed by atoms with E-state index in [1.165, 1.54) is 18.5 Å². The average molecular weight is 272 g/mol. The van der Waals surface area contributed by atoms with Crippen molar-refractivity contribution >= 4 is 11.4 Å². The molecule has 19 heavy (non-hydrogen) atoms. The highest BCUT2D eigenvalue weighted by molar-refractivity contribution is 5.58. The van der Waals surface area contributed by atoms with Gasteiger partial charge in [0.2, 0.25) is 5.89 Å². The lowest BCUT2D eigenvalue weighted by molar-refractivity contribution is -0.136. The molecule has 2 rings (SSSR count). The fraction of sp³-hybridized carbons (Fsp3) is 0.273. The van der Waals surface area contributed by atoms with Gasteiger partial charge in [0.1, 0.15) is 0 Å². The van der Waals surface area contributed by atoms with E-state index in [4.69, 9.17) is 10.3 Å². The van der Waals surface area contributed by atoms with Crippen LogP contribution in [0.5, 0.6) is 0 Å². The third kappa shape index (κ3) is 3.36. The Morgan fingerprint density at radius 2 is 2.11 bits per heavy atom. The van der Waals surface area contributed by atoms with Crippen LogP contribution in [-0.2, 0) is 12.6 Å². The Labute approximate surface area is 106 Å². The van der Waals surface area contributed by atoms with E-state index < -0.39 is 11.7 Å². The predicted molar refractivity (Wildman–Crippen MR) is 62.3 cm³/mol. The summed E-state index contributed by atoms with van der Waals surface area (Å²) in [5, 5.41) is 6.27. The van der Waals surface area contributed by atoms with Gasteiger partial charge in [-0.2, -0.15) is 18.2 Å². The number of nitrogens with zero attached hydrogens (tertiary/aromatic N) is 2. The maximum absolute atomic E-state index is 12.6. The summed E-state index contributed by atoms with van der Waals surface area (Å²) in [5.74, 6) is 0.416. The van der Waals surface area contributed by atoms with Gasteiger partial charge in [-0.3, -0.25) is 0 Å². The second-order valence-corrected chi connectivity index (χ2v) is 3.81. The smallest absolute Gasteiger partial charge is 0.398 e. The number of aromatic nitrogens is 2. The van der Waals surface area contributed by atoms with Crippen LogP contribution in [0.15, 0.2) is 29.0 Å². The van der Waals surface area contributed by atoms with Crippen molar-refractivity contribution in [2.24, 2.45) is 0 Å². The number of benzene rings is 1. The Hall–Kier alpha value is -2.25. The van der Waals surface area contributed by atoms with E-state index in [1.54, 1.807) is 0 Å². The maximum Gasteiger partial charge on any atom is 0.418 e. The molecule has 1 aromatic carbocycles. The number of alkyl halides is 3. The summed E-state index contributed by atoms with van der Waals surface area (Å²) in [6.07, 6.45) is -2.78. The van der Waals surface area contributed by atoms with Crippen molar-refractivity contribution in [2.45, 2.75) is 12.6 Å². The minimum absolute atomic E-state index is 0.296. The number of halogens is 3. The summed E-state index contributed by atoms with van der Waals surface area (Å²) in [6.45, 7) is 0.378. The highest BCUT2D eigenvalue weighted by Crippen LogP contribution is 2.35. The Morgan fingerprint density at radius 3 is 2.74 bits per heavy atom. The van der Waals surface area contributed by atoms with Gasteiger partial charge in [0.05, 0.1) is 5.56 Å². The molecule has 0 aliphatic carbocycles. The van der Waals surface area contributed by atoms with Crippen molar-refractivity contribution in [3.8, 4) is 0 Å². The van der Waals surface area contributed by atoms with Gasteiger partial charge in [-0.15, -0.1) is 0 Å². The van der Waals surface area contributed by atoms with Gasteiger partial charge in [0, 0.05) is 24.3 Å². The molecule has 0 radical (unpaired) electrons. The molecule has 1 aromatic heterocycles. The van der Waals surface area contributed by atoms with E-state index in [1.807, 2.05) is 0 Å². The molecule has 0 unspecified atom stereocenters. The zero-order chi connectivity index (χ0) is 13.9. The second-order valence-electron chi connectivity index (χ2n) is 3.81. The van der Waals surface area contributed by atoms with E-state index in [0.717, 1.165) is 6.07 Å². The molecule has 0 atom stereocenters. The van der Waals surface area contributed by atoms with Crippen molar-refractivity contribution in [3.63, 3.8) is 0 Å². The number of nitrogens with one attached hydrogen (secondary N) is 1. The first-order valence-electron chi connectivity index (χ1n) is 5.43. The van der Waals surface area contributed by atoms with Crippen LogP contribution >= 0.6 is 0 Å². The molecule has 0 fully saturated rings. The van der Waals surface area contributed by atoms with E-state index in [-0.39, 0.29) is 5.69 Å². The first kappa shape index (κ1) is 13.2. The number of hydrogen-bond donors (Lipinski definition) is 2. The topological polar surface area (TPSA) is 77.0 Å². The van der Waals surface area contributed by atoms with Crippen LogP contribution in [0.2, 0.25) is 0 Å². The molecule has 0 aliphatic heterocycles. The van der Waals surface area contributed by atoms with Crippen LogP contribution in [0.3, 0.4) is 0 Å².